The van der Waals surface area contributed by atoms with Crippen molar-refractivity contribution in [3.05, 3.63) is 108 Å². The summed E-state index contributed by atoms with van der Waals surface area (Å²) < 4.78 is 0. The second kappa shape index (κ2) is 17.3. The predicted octanol–water partition coefficient (Wildman–Crippen LogP) is 6.73. The van der Waals surface area contributed by atoms with Gasteiger partial charge in [-0.15, -0.1) is 0 Å². The van der Waals surface area contributed by atoms with Crippen LogP contribution in [0.5, 0.6) is 0 Å². The van der Waals surface area contributed by atoms with Crippen LogP contribution in [0.1, 0.15) is 58.2 Å². The Kier molecular flexibility index (Phi) is 13.9. The maximum atomic E-state index is 3.90. The maximum absolute atomic E-state index is 3.90. The van der Waals surface area contributed by atoms with Crippen molar-refractivity contribution in [1.82, 2.24) is 20.9 Å². The van der Waals surface area contributed by atoms with Crippen LogP contribution in [0.2, 0.25) is 0 Å². The van der Waals surface area contributed by atoms with E-state index in [-0.39, 0.29) is 0 Å². The molecular weight excluding hydrogens is 488 g/mol. The standard InChI is InChI=1S/C36H54N4/c1-28(2)34(37-22-31-16-10-7-11-17-31)25-40(26-35(29(3)4)38-23-32-18-12-8-13-19-32)27-36(30(5)6)39-24-33-20-14-9-15-21-33/h7-21,28-30,34-39H,22-27H2,1-6H3/t34-,35-,36-/m1/s1. The second-order valence-corrected chi connectivity index (χ2v) is 12.4. The number of nitrogens with one attached hydrogen (secondary N) is 3. The molecule has 4 heteroatoms. The zero-order chi connectivity index (χ0) is 28.7. The largest absolute Gasteiger partial charge is 0.308 e. The van der Waals surface area contributed by atoms with Gasteiger partial charge in [-0.2, -0.15) is 0 Å². The number of rotatable bonds is 18. The minimum Gasteiger partial charge on any atom is -0.308 e. The Bertz CT molecular complexity index is 899. The summed E-state index contributed by atoms with van der Waals surface area (Å²) in [6.07, 6.45) is 0. The first-order valence-electron chi connectivity index (χ1n) is 15.4. The average Bonchev–Trinajstić information content (AvgIpc) is 2.96. The molecule has 0 amide bonds. The van der Waals surface area contributed by atoms with Gasteiger partial charge in [0.15, 0.2) is 0 Å². The number of hydrogen-bond acceptors (Lipinski definition) is 4. The van der Waals surface area contributed by atoms with Crippen molar-refractivity contribution in [1.29, 1.82) is 0 Å². The number of hydrogen-bond donors (Lipinski definition) is 3. The van der Waals surface area contributed by atoms with Gasteiger partial charge in [-0.25, -0.2) is 0 Å². The van der Waals surface area contributed by atoms with Crippen molar-refractivity contribution in [3.8, 4) is 0 Å². The summed E-state index contributed by atoms with van der Waals surface area (Å²) in [5.41, 5.74) is 4.02. The molecule has 0 aliphatic rings. The van der Waals surface area contributed by atoms with E-state index >= 15 is 0 Å². The van der Waals surface area contributed by atoms with Gasteiger partial charge >= 0.3 is 0 Å². The molecule has 3 rings (SSSR count). The van der Waals surface area contributed by atoms with Gasteiger partial charge in [0, 0.05) is 57.4 Å². The fourth-order valence-corrected chi connectivity index (χ4v) is 5.13. The molecule has 4 nitrogen and oxygen atoms in total. The molecular formula is C36H54N4. The summed E-state index contributed by atoms with van der Waals surface area (Å²) in [7, 11) is 0. The van der Waals surface area contributed by atoms with E-state index in [1.807, 2.05) is 0 Å². The highest BCUT2D eigenvalue weighted by molar-refractivity contribution is 5.16. The van der Waals surface area contributed by atoms with E-state index in [1.54, 1.807) is 0 Å². The Labute approximate surface area is 245 Å². The highest BCUT2D eigenvalue weighted by Gasteiger charge is 2.25. The monoisotopic (exact) mass is 542 g/mol. The van der Waals surface area contributed by atoms with Gasteiger partial charge in [-0.1, -0.05) is 133 Å². The molecule has 0 heterocycles. The lowest BCUT2D eigenvalue weighted by Crippen LogP contribution is -2.53. The van der Waals surface area contributed by atoms with Crippen LogP contribution in [-0.2, 0) is 19.6 Å². The van der Waals surface area contributed by atoms with Crippen LogP contribution in [0, 0.1) is 17.8 Å². The van der Waals surface area contributed by atoms with Crippen molar-refractivity contribution >= 4 is 0 Å². The van der Waals surface area contributed by atoms with Crippen molar-refractivity contribution in [2.75, 3.05) is 19.6 Å². The zero-order valence-corrected chi connectivity index (χ0v) is 25.8. The highest BCUT2D eigenvalue weighted by Crippen LogP contribution is 2.14. The van der Waals surface area contributed by atoms with E-state index in [9.17, 15) is 0 Å². The summed E-state index contributed by atoms with van der Waals surface area (Å²) in [6, 6.07) is 33.6. The molecule has 0 bridgehead atoms. The Morgan fingerprint density at radius 1 is 0.425 bits per heavy atom. The van der Waals surface area contributed by atoms with Crippen LogP contribution < -0.4 is 16.0 Å². The normalized spacial score (nSPS) is 14.2. The van der Waals surface area contributed by atoms with Gasteiger partial charge in [-0.3, -0.25) is 4.90 Å². The van der Waals surface area contributed by atoms with Gasteiger partial charge in [0.2, 0.25) is 0 Å². The third-order valence-corrected chi connectivity index (χ3v) is 8.01. The Morgan fingerprint density at radius 2 is 0.675 bits per heavy atom. The predicted molar refractivity (Wildman–Crippen MR) is 172 cm³/mol. The molecule has 218 valence electrons. The lowest BCUT2D eigenvalue weighted by Gasteiger charge is -2.37. The molecule has 0 spiro atoms. The van der Waals surface area contributed by atoms with E-state index in [0.29, 0.717) is 35.9 Å². The van der Waals surface area contributed by atoms with Crippen molar-refractivity contribution in [3.63, 3.8) is 0 Å². The molecule has 3 aromatic carbocycles. The SMILES string of the molecule is CC(C)[C@@H](CN(C[C@@H](NCc1ccccc1)C(C)C)C[C@@H](NCc1ccccc1)C(C)C)NCc1ccccc1. The molecule has 3 atom stereocenters. The van der Waals surface area contributed by atoms with Crippen LogP contribution in [0.3, 0.4) is 0 Å². The first kappa shape index (κ1) is 32.0. The summed E-state index contributed by atoms with van der Waals surface area (Å²) in [6.45, 7) is 19.9. The van der Waals surface area contributed by atoms with E-state index in [1.165, 1.54) is 16.7 Å². The molecule has 0 saturated carbocycles. The molecule has 0 fully saturated rings. The minimum absolute atomic E-state index is 0.407. The first-order valence-corrected chi connectivity index (χ1v) is 15.4. The third-order valence-electron chi connectivity index (χ3n) is 8.01. The van der Waals surface area contributed by atoms with Crippen molar-refractivity contribution in [2.45, 2.75) is 79.3 Å². The molecule has 0 saturated heterocycles. The van der Waals surface area contributed by atoms with E-state index < -0.39 is 0 Å². The zero-order valence-electron chi connectivity index (χ0n) is 25.8. The van der Waals surface area contributed by atoms with Crippen LogP contribution >= 0.6 is 0 Å². The topological polar surface area (TPSA) is 39.3 Å². The molecule has 3 aromatic rings. The van der Waals surface area contributed by atoms with Crippen LogP contribution in [0.4, 0.5) is 0 Å². The number of benzene rings is 3. The van der Waals surface area contributed by atoms with Gasteiger partial charge < -0.3 is 16.0 Å². The molecule has 0 unspecified atom stereocenters. The van der Waals surface area contributed by atoms with Crippen molar-refractivity contribution in [2.24, 2.45) is 17.8 Å². The number of nitrogens with zero attached hydrogens (tertiary/aromatic N) is 1. The molecule has 0 aromatic heterocycles. The smallest absolute Gasteiger partial charge is 0.0221 e. The Morgan fingerprint density at radius 3 is 0.900 bits per heavy atom. The fraction of sp³-hybridized carbons (Fsp3) is 0.500. The summed E-state index contributed by atoms with van der Waals surface area (Å²) in [5, 5.41) is 11.7. The van der Waals surface area contributed by atoms with Crippen molar-refractivity contribution < 1.29 is 0 Å². The van der Waals surface area contributed by atoms with Gasteiger partial charge in [-0.05, 0) is 34.4 Å². The van der Waals surface area contributed by atoms with Crippen LogP contribution in [-0.4, -0.2) is 42.7 Å². The molecule has 3 N–H and O–H groups in total. The van der Waals surface area contributed by atoms with Crippen LogP contribution in [0.25, 0.3) is 0 Å². The minimum atomic E-state index is 0.407. The molecule has 0 aliphatic heterocycles. The molecule has 0 radical (unpaired) electrons. The second-order valence-electron chi connectivity index (χ2n) is 12.4. The fourth-order valence-electron chi connectivity index (χ4n) is 5.13. The van der Waals surface area contributed by atoms with Gasteiger partial charge in [0.25, 0.3) is 0 Å². The summed E-state index contributed by atoms with van der Waals surface area (Å²) in [5.74, 6) is 1.61. The molecule has 0 aliphatic carbocycles. The highest BCUT2D eigenvalue weighted by atomic mass is 15.2. The average molecular weight is 543 g/mol. The van der Waals surface area contributed by atoms with E-state index in [0.717, 1.165) is 39.3 Å². The lowest BCUT2D eigenvalue weighted by molar-refractivity contribution is 0.154. The van der Waals surface area contributed by atoms with Gasteiger partial charge in [0.1, 0.15) is 0 Å². The Hall–Kier alpha value is -2.50. The van der Waals surface area contributed by atoms with Crippen LogP contribution in [0.15, 0.2) is 91.0 Å². The van der Waals surface area contributed by atoms with Gasteiger partial charge in [0.05, 0.1) is 0 Å². The maximum Gasteiger partial charge on any atom is 0.0221 e. The summed E-state index contributed by atoms with van der Waals surface area (Å²) >= 11 is 0. The Balaban J connectivity index is 1.74. The van der Waals surface area contributed by atoms with E-state index in [4.69, 9.17) is 0 Å². The lowest BCUT2D eigenvalue weighted by atomic mass is 9.98. The molecule has 40 heavy (non-hydrogen) atoms. The third kappa shape index (κ3) is 11.5. The first-order chi connectivity index (χ1) is 19.3. The quantitative estimate of drug-likeness (QED) is 0.167. The van der Waals surface area contributed by atoms with E-state index in [2.05, 4.69) is 153 Å². The summed E-state index contributed by atoms with van der Waals surface area (Å²) in [4.78, 5) is 2.72.